The van der Waals surface area contributed by atoms with Crippen molar-refractivity contribution in [2.75, 3.05) is 18.1 Å². The van der Waals surface area contributed by atoms with Gasteiger partial charge in [0.1, 0.15) is 18.4 Å². The van der Waals surface area contributed by atoms with E-state index in [4.69, 9.17) is 22.7 Å². The predicted molar refractivity (Wildman–Crippen MR) is 76.2 cm³/mol. The summed E-state index contributed by atoms with van der Waals surface area (Å²) in [5.74, 6) is 0.464. The zero-order chi connectivity index (χ0) is 13.6. The summed E-state index contributed by atoms with van der Waals surface area (Å²) < 4.78 is 5.73. The number of fused-ring (bicyclic) bond motifs is 3. The van der Waals surface area contributed by atoms with Crippen molar-refractivity contribution in [1.29, 1.82) is 0 Å². The summed E-state index contributed by atoms with van der Waals surface area (Å²) in [6.45, 7) is 3.01. The summed E-state index contributed by atoms with van der Waals surface area (Å²) in [5.41, 5.74) is 6.33. The highest BCUT2D eigenvalue weighted by Crippen LogP contribution is 2.37. The molecule has 1 aromatic carbocycles. The van der Waals surface area contributed by atoms with Crippen LogP contribution >= 0.6 is 12.2 Å². The largest absolute Gasteiger partial charge is 0.489 e. The van der Waals surface area contributed by atoms with Crippen molar-refractivity contribution in [2.45, 2.75) is 19.0 Å². The first-order valence-corrected chi connectivity index (χ1v) is 6.61. The van der Waals surface area contributed by atoms with E-state index in [2.05, 4.69) is 4.90 Å². The maximum absolute atomic E-state index is 11.4. The van der Waals surface area contributed by atoms with Crippen molar-refractivity contribution >= 4 is 28.9 Å². The molecule has 1 aromatic rings. The third-order valence-corrected chi connectivity index (χ3v) is 4.09. The van der Waals surface area contributed by atoms with Crippen molar-refractivity contribution < 1.29 is 9.53 Å². The monoisotopic (exact) mass is 277 g/mol. The van der Waals surface area contributed by atoms with Gasteiger partial charge >= 0.3 is 0 Å². The fourth-order valence-corrected chi connectivity index (χ4v) is 3.03. The van der Waals surface area contributed by atoms with Crippen LogP contribution < -0.4 is 15.4 Å². The Morgan fingerprint density at radius 3 is 3.00 bits per heavy atom. The third-order valence-electron chi connectivity index (χ3n) is 3.66. The average Bonchev–Trinajstić information content (AvgIpc) is 2.75. The van der Waals surface area contributed by atoms with Crippen molar-refractivity contribution in [2.24, 2.45) is 5.73 Å². The fraction of sp³-hybridized carbons (Fsp3) is 0.385. The van der Waals surface area contributed by atoms with E-state index in [0.29, 0.717) is 18.3 Å². The molecule has 3 rings (SSSR count). The predicted octanol–water partition coefficient (Wildman–Crippen LogP) is 0.728. The standard InChI is InChI=1S/C13H15N3O2S/c1-8(12(14)17)15-6-9-7-18-11-5-3-2-4-10(11)16(9)13(15)19/h2-5,8-9H,6-7H2,1H3,(H2,14,17). The molecule has 0 saturated carbocycles. The van der Waals surface area contributed by atoms with E-state index in [-0.39, 0.29) is 11.9 Å². The molecule has 0 aliphatic carbocycles. The van der Waals surface area contributed by atoms with Crippen LogP contribution in [0.25, 0.3) is 0 Å². The van der Waals surface area contributed by atoms with Gasteiger partial charge in [-0.3, -0.25) is 4.79 Å². The van der Waals surface area contributed by atoms with Crippen LogP contribution in [0.15, 0.2) is 24.3 Å². The molecule has 0 spiro atoms. The highest BCUT2D eigenvalue weighted by Gasteiger charge is 2.42. The van der Waals surface area contributed by atoms with Gasteiger partial charge in [-0.1, -0.05) is 12.1 Å². The molecule has 19 heavy (non-hydrogen) atoms. The van der Waals surface area contributed by atoms with Gasteiger partial charge < -0.3 is 20.3 Å². The van der Waals surface area contributed by atoms with Gasteiger partial charge in [-0.25, -0.2) is 0 Å². The van der Waals surface area contributed by atoms with E-state index in [1.54, 1.807) is 6.92 Å². The Bertz CT molecular complexity index is 548. The number of ether oxygens (including phenoxy) is 1. The number of carbonyl (C=O) groups is 1. The molecule has 1 amide bonds. The van der Waals surface area contributed by atoms with Gasteiger partial charge in [0.05, 0.1) is 11.7 Å². The Kier molecular flexibility index (Phi) is 2.82. The van der Waals surface area contributed by atoms with Crippen LogP contribution in [-0.4, -0.2) is 41.2 Å². The molecule has 2 aliphatic heterocycles. The van der Waals surface area contributed by atoms with E-state index in [0.717, 1.165) is 11.4 Å². The molecular weight excluding hydrogens is 262 g/mol. The van der Waals surface area contributed by atoms with Crippen LogP contribution in [0.3, 0.4) is 0 Å². The van der Waals surface area contributed by atoms with Crippen LogP contribution in [-0.2, 0) is 4.79 Å². The number of hydrogen-bond acceptors (Lipinski definition) is 3. The first-order chi connectivity index (χ1) is 9.09. The number of anilines is 1. The normalized spacial score (nSPS) is 22.6. The molecule has 2 N–H and O–H groups in total. The topological polar surface area (TPSA) is 58.8 Å². The van der Waals surface area contributed by atoms with Crippen LogP contribution in [0.5, 0.6) is 5.75 Å². The summed E-state index contributed by atoms with van der Waals surface area (Å²) in [4.78, 5) is 15.3. The van der Waals surface area contributed by atoms with Crippen LogP contribution in [0, 0.1) is 0 Å². The second-order valence-electron chi connectivity index (χ2n) is 4.82. The van der Waals surface area contributed by atoms with E-state index in [1.165, 1.54) is 0 Å². The van der Waals surface area contributed by atoms with Crippen LogP contribution in [0.4, 0.5) is 5.69 Å². The van der Waals surface area contributed by atoms with E-state index >= 15 is 0 Å². The minimum Gasteiger partial charge on any atom is -0.489 e. The lowest BCUT2D eigenvalue weighted by Gasteiger charge is -2.32. The third kappa shape index (κ3) is 1.83. The second kappa shape index (κ2) is 4.38. The number of rotatable bonds is 2. The molecule has 2 atom stereocenters. The van der Waals surface area contributed by atoms with Gasteiger partial charge in [-0.05, 0) is 31.3 Å². The summed E-state index contributed by atoms with van der Waals surface area (Å²) in [6.07, 6.45) is 0. The number of primary amides is 1. The molecule has 5 nitrogen and oxygen atoms in total. The highest BCUT2D eigenvalue weighted by molar-refractivity contribution is 7.80. The molecule has 1 fully saturated rings. The number of benzene rings is 1. The Hall–Kier alpha value is -1.82. The number of thiocarbonyl (C=S) groups is 1. The minimum absolute atomic E-state index is 0.143. The SMILES string of the molecule is CC(C(N)=O)N1CC2COc3ccccc3N2C1=S. The molecular formula is C13H15N3O2S. The molecule has 0 aromatic heterocycles. The number of hydrogen-bond donors (Lipinski definition) is 1. The molecule has 1 saturated heterocycles. The first-order valence-electron chi connectivity index (χ1n) is 6.20. The Balaban J connectivity index is 1.95. The number of amides is 1. The summed E-state index contributed by atoms with van der Waals surface area (Å²) in [6, 6.07) is 7.53. The van der Waals surface area contributed by atoms with Gasteiger partial charge in [-0.15, -0.1) is 0 Å². The summed E-state index contributed by atoms with van der Waals surface area (Å²) in [7, 11) is 0. The molecule has 6 heteroatoms. The molecule has 2 aliphatic rings. The minimum atomic E-state index is -0.398. The van der Waals surface area contributed by atoms with Gasteiger partial charge in [-0.2, -0.15) is 0 Å². The van der Waals surface area contributed by atoms with Crippen molar-refractivity contribution in [3.8, 4) is 5.75 Å². The number of nitrogens with two attached hydrogens (primary N) is 1. The van der Waals surface area contributed by atoms with Crippen molar-refractivity contribution in [1.82, 2.24) is 4.90 Å². The Morgan fingerprint density at radius 2 is 2.26 bits per heavy atom. The first kappa shape index (κ1) is 12.2. The highest BCUT2D eigenvalue weighted by atomic mass is 32.1. The maximum atomic E-state index is 11.4. The number of para-hydroxylation sites is 2. The van der Waals surface area contributed by atoms with Gasteiger partial charge in [0.25, 0.3) is 0 Å². The van der Waals surface area contributed by atoms with Crippen molar-refractivity contribution in [3.63, 3.8) is 0 Å². The summed E-state index contributed by atoms with van der Waals surface area (Å²) in [5, 5.41) is 0.645. The van der Waals surface area contributed by atoms with E-state index < -0.39 is 6.04 Å². The lowest BCUT2D eigenvalue weighted by atomic mass is 10.2. The van der Waals surface area contributed by atoms with Crippen LogP contribution in [0.1, 0.15) is 6.92 Å². The lowest BCUT2D eigenvalue weighted by Crippen LogP contribution is -2.45. The van der Waals surface area contributed by atoms with Gasteiger partial charge in [0.2, 0.25) is 5.91 Å². The van der Waals surface area contributed by atoms with Gasteiger partial charge in [0, 0.05) is 6.54 Å². The zero-order valence-corrected chi connectivity index (χ0v) is 11.4. The Labute approximate surface area is 116 Å². The van der Waals surface area contributed by atoms with Gasteiger partial charge in [0.15, 0.2) is 5.11 Å². The molecule has 0 bridgehead atoms. The Morgan fingerprint density at radius 1 is 1.53 bits per heavy atom. The van der Waals surface area contributed by atoms with Crippen molar-refractivity contribution in [3.05, 3.63) is 24.3 Å². The molecule has 100 valence electrons. The average molecular weight is 277 g/mol. The fourth-order valence-electron chi connectivity index (χ4n) is 2.55. The number of nitrogens with zero attached hydrogens (tertiary/aromatic N) is 2. The maximum Gasteiger partial charge on any atom is 0.239 e. The summed E-state index contributed by atoms with van der Waals surface area (Å²) >= 11 is 5.50. The molecule has 0 radical (unpaired) electrons. The number of carbonyl (C=O) groups excluding carboxylic acids is 1. The van der Waals surface area contributed by atoms with E-state index in [1.807, 2.05) is 29.2 Å². The lowest BCUT2D eigenvalue weighted by molar-refractivity contribution is -0.121. The zero-order valence-electron chi connectivity index (χ0n) is 10.6. The molecule has 2 heterocycles. The van der Waals surface area contributed by atoms with Crippen LogP contribution in [0.2, 0.25) is 0 Å². The van der Waals surface area contributed by atoms with E-state index in [9.17, 15) is 4.79 Å². The smallest absolute Gasteiger partial charge is 0.239 e. The second-order valence-corrected chi connectivity index (χ2v) is 5.18. The molecule has 2 unspecified atom stereocenters. The quantitative estimate of drug-likeness (QED) is 0.808.